The van der Waals surface area contributed by atoms with Gasteiger partial charge in [0.15, 0.2) is 6.71 Å². The van der Waals surface area contributed by atoms with Crippen molar-refractivity contribution < 1.29 is 0 Å². The molecule has 27 heavy (non-hydrogen) atoms. The molecule has 0 radical (unpaired) electrons. The fourth-order valence-electron chi connectivity index (χ4n) is 9.51. The van der Waals surface area contributed by atoms with E-state index < -0.39 is 0 Å². The maximum absolute atomic E-state index is 2.68. The van der Waals surface area contributed by atoms with E-state index >= 15 is 0 Å². The summed E-state index contributed by atoms with van der Waals surface area (Å²) in [5.41, 5.74) is 1.26. The lowest BCUT2D eigenvalue weighted by Gasteiger charge is -2.67. The molecule has 0 aliphatic heterocycles. The van der Waals surface area contributed by atoms with Crippen LogP contribution in [0.1, 0.15) is 86.5 Å². The molecule has 0 amide bonds. The molecule has 0 aromatic carbocycles. The van der Waals surface area contributed by atoms with Crippen molar-refractivity contribution in [2.24, 2.45) is 46.3 Å². The van der Waals surface area contributed by atoms with Gasteiger partial charge in [-0.2, -0.15) is 0 Å². The zero-order valence-corrected chi connectivity index (χ0v) is 18.9. The topological polar surface area (TPSA) is 0 Å². The molecule has 0 aromatic rings. The van der Waals surface area contributed by atoms with E-state index in [0.29, 0.717) is 10.8 Å². The molecule has 4 bridgehead atoms. The van der Waals surface area contributed by atoms with Crippen LogP contribution in [0.2, 0.25) is 17.5 Å². The van der Waals surface area contributed by atoms with E-state index in [1.807, 2.05) is 0 Å². The lowest BCUT2D eigenvalue weighted by atomic mass is 9.17. The highest BCUT2D eigenvalue weighted by atomic mass is 14.6. The van der Waals surface area contributed by atoms with Gasteiger partial charge in [0, 0.05) is 0 Å². The van der Waals surface area contributed by atoms with Crippen molar-refractivity contribution in [2.45, 2.75) is 104 Å². The van der Waals surface area contributed by atoms with Crippen LogP contribution in [0.5, 0.6) is 0 Å². The van der Waals surface area contributed by atoms with Gasteiger partial charge in [0.05, 0.1) is 0 Å². The molecular formula is C26H43B. The van der Waals surface area contributed by atoms with Gasteiger partial charge < -0.3 is 0 Å². The summed E-state index contributed by atoms with van der Waals surface area (Å²) in [6.45, 7) is 16.6. The number of hydrogen-bond donors (Lipinski definition) is 0. The standard InChI is InChI=1S/C26H43B/c1-16-21-12-18(25(21,3)4)14-23(16)27(20-10-8-7-9-11-20)24-15-19-13-22(17(24)2)26(19,5)6/h8,10,16-24H,7,9,11-15H2,1-6H3/t16-,17-,18+,19+,20+,21-,22-,23-,24-/m0/s1. The summed E-state index contributed by atoms with van der Waals surface area (Å²) in [5.74, 6) is 8.83. The molecule has 0 nitrogen and oxygen atoms in total. The Balaban J connectivity index is 1.44. The Labute approximate surface area is 169 Å². The van der Waals surface area contributed by atoms with Gasteiger partial charge in [0.25, 0.3) is 0 Å². The third-order valence-electron chi connectivity index (χ3n) is 11.6. The number of fused-ring (bicyclic) bond motifs is 4. The molecule has 0 N–H and O–H groups in total. The first kappa shape index (κ1) is 18.8. The van der Waals surface area contributed by atoms with Crippen molar-refractivity contribution in [2.75, 3.05) is 0 Å². The predicted molar refractivity (Wildman–Crippen MR) is 118 cm³/mol. The number of hydrogen-bond acceptors (Lipinski definition) is 0. The summed E-state index contributed by atoms with van der Waals surface area (Å²) in [4.78, 5) is 0. The van der Waals surface area contributed by atoms with Crippen LogP contribution in [0.3, 0.4) is 0 Å². The van der Waals surface area contributed by atoms with E-state index in [-0.39, 0.29) is 0 Å². The first-order valence-corrected chi connectivity index (χ1v) is 12.4. The first-order valence-electron chi connectivity index (χ1n) is 12.4. The van der Waals surface area contributed by atoms with Crippen LogP contribution >= 0.6 is 0 Å². The molecule has 6 saturated carbocycles. The van der Waals surface area contributed by atoms with Gasteiger partial charge in [0.1, 0.15) is 0 Å². The zero-order chi connectivity index (χ0) is 19.1. The Bertz CT molecular complexity index is 574. The fraction of sp³-hybridized carbons (Fsp3) is 0.923. The molecule has 0 aromatic heterocycles. The van der Waals surface area contributed by atoms with Crippen molar-refractivity contribution in [3.8, 4) is 0 Å². The summed E-state index contributed by atoms with van der Waals surface area (Å²) < 4.78 is 0. The van der Waals surface area contributed by atoms with Crippen LogP contribution in [0.25, 0.3) is 0 Å². The molecule has 1 heteroatoms. The highest BCUT2D eigenvalue weighted by molar-refractivity contribution is 6.64. The largest absolute Gasteiger partial charge is 0.154 e. The molecule has 6 fully saturated rings. The van der Waals surface area contributed by atoms with E-state index in [4.69, 9.17) is 0 Å². The van der Waals surface area contributed by atoms with Gasteiger partial charge in [-0.3, -0.25) is 0 Å². The van der Waals surface area contributed by atoms with Crippen LogP contribution in [0.15, 0.2) is 12.2 Å². The third-order valence-corrected chi connectivity index (χ3v) is 11.6. The second-order valence-corrected chi connectivity index (χ2v) is 12.8. The summed E-state index contributed by atoms with van der Waals surface area (Å²) in [7, 11) is 0. The number of allylic oxidation sites excluding steroid dienone is 2. The third kappa shape index (κ3) is 2.54. The van der Waals surface area contributed by atoms with Crippen LogP contribution in [0, 0.1) is 46.3 Å². The lowest BCUT2D eigenvalue weighted by Crippen LogP contribution is -2.60. The van der Waals surface area contributed by atoms with Gasteiger partial charge in [-0.05, 0) is 77.8 Å². The van der Waals surface area contributed by atoms with Gasteiger partial charge in [-0.1, -0.05) is 84.6 Å². The summed E-state index contributed by atoms with van der Waals surface area (Å²) in [5, 5.41) is 0. The molecule has 0 heterocycles. The van der Waals surface area contributed by atoms with E-state index in [2.05, 4.69) is 53.7 Å². The average Bonchev–Trinajstić information content (AvgIpc) is 2.64. The Kier molecular flexibility index (Phi) is 4.29. The predicted octanol–water partition coefficient (Wildman–Crippen LogP) is 7.74. The highest BCUT2D eigenvalue weighted by Crippen LogP contribution is 2.70. The highest BCUT2D eigenvalue weighted by Gasteiger charge is 2.63. The smallest absolute Gasteiger partial charge is 0.0926 e. The minimum Gasteiger partial charge on any atom is -0.0926 e. The molecule has 150 valence electrons. The van der Waals surface area contributed by atoms with E-state index in [9.17, 15) is 0 Å². The molecule has 7 aliphatic rings. The first-order chi connectivity index (χ1) is 12.7. The SMILES string of the molecule is C[C@@H]1[C@@H](B([C@@H]2C=CCCC2)[C@H]2C[C@H]3C[C@@H]([C@@H]2C)C3(C)C)C[C@H]2C[C@@H]1C2(C)C. The number of rotatable bonds is 3. The van der Waals surface area contributed by atoms with E-state index in [1.54, 1.807) is 12.8 Å². The van der Waals surface area contributed by atoms with Crippen molar-refractivity contribution in [3.63, 3.8) is 0 Å². The van der Waals surface area contributed by atoms with Crippen LogP contribution in [-0.4, -0.2) is 6.71 Å². The Morgan fingerprint density at radius 1 is 0.778 bits per heavy atom. The van der Waals surface area contributed by atoms with Crippen molar-refractivity contribution in [1.29, 1.82) is 0 Å². The Morgan fingerprint density at radius 3 is 1.67 bits per heavy atom. The van der Waals surface area contributed by atoms with Crippen LogP contribution < -0.4 is 0 Å². The maximum atomic E-state index is 2.68. The second kappa shape index (κ2) is 6.15. The molecule has 0 spiro atoms. The molecule has 7 rings (SSSR count). The van der Waals surface area contributed by atoms with Gasteiger partial charge >= 0.3 is 0 Å². The Hall–Kier alpha value is -0.195. The minimum absolute atomic E-state index is 0.630. The van der Waals surface area contributed by atoms with Gasteiger partial charge in [-0.15, -0.1) is 0 Å². The van der Waals surface area contributed by atoms with Crippen LogP contribution in [-0.2, 0) is 0 Å². The minimum atomic E-state index is 0.630. The van der Waals surface area contributed by atoms with Gasteiger partial charge in [-0.25, -0.2) is 0 Å². The zero-order valence-electron chi connectivity index (χ0n) is 18.9. The average molecular weight is 366 g/mol. The maximum Gasteiger partial charge on any atom is 0.154 e. The van der Waals surface area contributed by atoms with Gasteiger partial charge in [0.2, 0.25) is 0 Å². The Morgan fingerprint density at radius 2 is 1.30 bits per heavy atom. The normalized spacial score (nSPS) is 51.9. The fourth-order valence-corrected chi connectivity index (χ4v) is 9.51. The molecule has 0 unspecified atom stereocenters. The molecule has 0 saturated heterocycles. The monoisotopic (exact) mass is 366 g/mol. The second-order valence-electron chi connectivity index (χ2n) is 12.8. The summed E-state index contributed by atoms with van der Waals surface area (Å²) in [6, 6.07) is 0. The van der Waals surface area contributed by atoms with Crippen molar-refractivity contribution in [1.82, 2.24) is 0 Å². The van der Waals surface area contributed by atoms with E-state index in [0.717, 1.165) is 59.7 Å². The molecule has 9 atom stereocenters. The molecule has 7 aliphatic carbocycles. The van der Waals surface area contributed by atoms with Crippen LogP contribution in [0.4, 0.5) is 0 Å². The summed E-state index contributed by atoms with van der Waals surface area (Å²) in [6.07, 6.45) is 15.6. The van der Waals surface area contributed by atoms with Crippen molar-refractivity contribution in [3.05, 3.63) is 12.2 Å². The van der Waals surface area contributed by atoms with E-state index in [1.165, 1.54) is 32.1 Å². The van der Waals surface area contributed by atoms with Crippen molar-refractivity contribution >= 4 is 6.71 Å². The quantitative estimate of drug-likeness (QED) is 0.354. The lowest BCUT2D eigenvalue weighted by molar-refractivity contribution is -0.107. The summed E-state index contributed by atoms with van der Waals surface area (Å²) >= 11 is 0. The molecular weight excluding hydrogens is 323 g/mol.